The van der Waals surface area contributed by atoms with Crippen LogP contribution in [0.15, 0.2) is 0 Å². The van der Waals surface area contributed by atoms with Crippen LogP contribution in [0.3, 0.4) is 0 Å². The monoisotopic (exact) mass is 293 g/mol. The van der Waals surface area contributed by atoms with Gasteiger partial charge in [-0.15, -0.1) is 9.79 Å². The molecule has 0 aliphatic heterocycles. The zero-order valence-corrected chi connectivity index (χ0v) is 11.3. The molecule has 10 heteroatoms. The first-order valence-corrected chi connectivity index (χ1v) is 5.89. The lowest BCUT2D eigenvalue weighted by atomic mass is 10.5. The van der Waals surface area contributed by atoms with Gasteiger partial charge in [-0.2, -0.15) is 0 Å². The van der Waals surface area contributed by atoms with E-state index in [2.05, 4.69) is 4.74 Å². The van der Waals surface area contributed by atoms with Gasteiger partial charge in [0.2, 0.25) is 0 Å². The highest BCUT2D eigenvalue weighted by Gasteiger charge is 1.93. The fourth-order valence-corrected chi connectivity index (χ4v) is 0.144. The number of ether oxygens (including phenoxy) is 1. The van der Waals surface area contributed by atoms with Crippen molar-refractivity contribution in [3.63, 3.8) is 0 Å². The molecule has 18 heavy (non-hydrogen) atoms. The number of rotatable bonds is 3. The lowest BCUT2D eigenvalue weighted by Crippen LogP contribution is -1.94. The standard InChI is InChI=1S/C4H8O2.2C2H6O2.HO3P/c1-3-4(5)6-2;2*3-1-2-4;1-4(2)3/h3H2,1-2H3;2*3-4H,1-2H2;(H-,1,2,3)/p+1. The Morgan fingerprint density at radius 1 is 1.00 bits per heavy atom. The molecule has 0 heterocycles. The average molecular weight is 293 g/mol. The third-order valence-electron chi connectivity index (χ3n) is 0.716. The highest BCUT2D eigenvalue weighted by atomic mass is 31.1. The third-order valence-corrected chi connectivity index (χ3v) is 0.716. The van der Waals surface area contributed by atoms with Crippen LogP contribution in [0.4, 0.5) is 0 Å². The Balaban J connectivity index is -0.0000000742. The van der Waals surface area contributed by atoms with Crippen molar-refractivity contribution in [1.29, 1.82) is 0 Å². The summed E-state index contributed by atoms with van der Waals surface area (Å²) in [6, 6.07) is 0. The molecule has 0 bridgehead atoms. The molecule has 0 saturated heterocycles. The first kappa shape index (κ1) is 26.0. The molecule has 6 N–H and O–H groups in total. The maximum absolute atomic E-state index is 9.96. The molecule has 0 saturated carbocycles. The van der Waals surface area contributed by atoms with Crippen LogP contribution in [0, 0.1) is 0 Å². The summed E-state index contributed by atoms with van der Waals surface area (Å²) in [5, 5.41) is 30.5. The third kappa shape index (κ3) is 111. The number of esters is 1. The Bertz CT molecular complexity index is 147. The summed E-state index contributed by atoms with van der Waals surface area (Å²) >= 11 is 0. The van der Waals surface area contributed by atoms with Gasteiger partial charge in [0.1, 0.15) is 0 Å². The fourth-order valence-electron chi connectivity index (χ4n) is 0.144. The van der Waals surface area contributed by atoms with Crippen molar-refractivity contribution in [2.45, 2.75) is 13.3 Å². The van der Waals surface area contributed by atoms with E-state index in [1.165, 1.54) is 7.11 Å². The van der Waals surface area contributed by atoms with Gasteiger partial charge in [0.15, 0.2) is 0 Å². The summed E-state index contributed by atoms with van der Waals surface area (Å²) < 4.78 is 13.0. The molecule has 0 atom stereocenters. The zero-order chi connectivity index (χ0) is 15.4. The number of aliphatic hydroxyl groups excluding tert-OH is 4. The molecule has 9 nitrogen and oxygen atoms in total. The molecular weight excluding hydrogens is 271 g/mol. The van der Waals surface area contributed by atoms with Crippen LogP contribution in [0.2, 0.25) is 0 Å². The lowest BCUT2D eigenvalue weighted by molar-refractivity contribution is -0.140. The summed E-state index contributed by atoms with van der Waals surface area (Å²) in [6.45, 7) is 1.26. The van der Waals surface area contributed by atoms with Crippen LogP contribution in [0.25, 0.3) is 0 Å². The minimum atomic E-state index is -2.87. The number of hydrogen-bond donors (Lipinski definition) is 6. The topological polar surface area (TPSA) is 165 Å². The van der Waals surface area contributed by atoms with E-state index in [0.29, 0.717) is 6.42 Å². The average Bonchev–Trinajstić information content (AvgIpc) is 2.37. The number of methoxy groups -OCH3 is 1. The smallest absolute Gasteiger partial charge is 0.469 e. The molecule has 0 radical (unpaired) electrons. The minimum Gasteiger partial charge on any atom is -0.469 e. The van der Waals surface area contributed by atoms with Gasteiger partial charge in [-0.1, -0.05) is 6.92 Å². The number of aliphatic hydroxyl groups is 4. The number of carbonyl (C=O) groups excluding carboxylic acids is 1. The molecule has 0 aliphatic carbocycles. The molecular formula is C8H22O9P+. The van der Waals surface area contributed by atoms with Crippen molar-refractivity contribution in [1.82, 2.24) is 0 Å². The van der Waals surface area contributed by atoms with Crippen molar-refractivity contribution in [3.05, 3.63) is 0 Å². The fraction of sp³-hybridized carbons (Fsp3) is 0.875. The molecule has 0 unspecified atom stereocenters. The minimum absolute atomic E-state index is 0.125. The Hall–Kier alpha value is -0.670. The van der Waals surface area contributed by atoms with Crippen molar-refractivity contribution in [2.75, 3.05) is 33.5 Å². The Labute approximate surface area is 106 Å². The van der Waals surface area contributed by atoms with E-state index in [9.17, 15) is 4.79 Å². The number of carbonyl (C=O) groups is 1. The van der Waals surface area contributed by atoms with Crippen molar-refractivity contribution in [3.8, 4) is 0 Å². The van der Waals surface area contributed by atoms with Crippen molar-refractivity contribution in [2.24, 2.45) is 0 Å². The molecule has 112 valence electrons. The van der Waals surface area contributed by atoms with Crippen LogP contribution < -0.4 is 0 Å². The van der Waals surface area contributed by atoms with Crippen LogP contribution in [0.5, 0.6) is 0 Å². The predicted molar refractivity (Wildman–Crippen MR) is 62.7 cm³/mol. The van der Waals surface area contributed by atoms with E-state index >= 15 is 0 Å². The van der Waals surface area contributed by atoms with Gasteiger partial charge in [-0.3, -0.25) is 4.79 Å². The van der Waals surface area contributed by atoms with Gasteiger partial charge >= 0.3 is 14.2 Å². The highest BCUT2D eigenvalue weighted by molar-refractivity contribution is 7.30. The normalized spacial score (nSPS) is 7.33. The van der Waals surface area contributed by atoms with E-state index < -0.39 is 8.25 Å². The van der Waals surface area contributed by atoms with Crippen LogP contribution >= 0.6 is 8.25 Å². The first-order chi connectivity index (χ1) is 8.37. The van der Waals surface area contributed by atoms with Gasteiger partial charge in [-0.25, -0.2) is 0 Å². The maximum atomic E-state index is 9.96. The first-order valence-electron chi connectivity index (χ1n) is 4.72. The van der Waals surface area contributed by atoms with Gasteiger partial charge in [-0.05, 0) is 0 Å². The molecule has 0 rings (SSSR count). The summed E-state index contributed by atoms with van der Waals surface area (Å²) in [6.07, 6.45) is 0.469. The second kappa shape index (κ2) is 29.9. The highest BCUT2D eigenvalue weighted by Crippen LogP contribution is 1.98. The van der Waals surface area contributed by atoms with E-state index in [1.54, 1.807) is 6.92 Å². The molecule has 0 aliphatic rings. The number of hydrogen-bond acceptors (Lipinski definition) is 7. The largest absolute Gasteiger partial charge is 0.692 e. The lowest BCUT2D eigenvalue weighted by Gasteiger charge is -1.87. The van der Waals surface area contributed by atoms with Gasteiger partial charge in [0, 0.05) is 11.0 Å². The quantitative estimate of drug-likeness (QED) is 0.258. The molecule has 0 aromatic rings. The summed E-state index contributed by atoms with van der Waals surface area (Å²) in [5.74, 6) is -0.157. The molecule has 0 aromatic heterocycles. The summed E-state index contributed by atoms with van der Waals surface area (Å²) in [7, 11) is -1.49. The van der Waals surface area contributed by atoms with Crippen LogP contribution in [0.1, 0.15) is 13.3 Å². The van der Waals surface area contributed by atoms with E-state index in [1.807, 2.05) is 0 Å². The Morgan fingerprint density at radius 3 is 1.22 bits per heavy atom. The molecule has 0 amide bonds. The molecule has 0 fully saturated rings. The van der Waals surface area contributed by atoms with Crippen LogP contribution in [-0.2, 0) is 14.1 Å². The van der Waals surface area contributed by atoms with E-state index in [0.717, 1.165) is 0 Å². The van der Waals surface area contributed by atoms with E-state index in [4.69, 9.17) is 34.8 Å². The summed E-state index contributed by atoms with van der Waals surface area (Å²) in [5.41, 5.74) is 0. The van der Waals surface area contributed by atoms with E-state index in [-0.39, 0.29) is 32.4 Å². The SMILES string of the molecule is CCC(=O)OC.O=[P+](O)O.OCCO.OCCO. The Kier molecular flexibility index (Phi) is 43.2. The van der Waals surface area contributed by atoms with Gasteiger partial charge in [0.05, 0.1) is 33.5 Å². The molecule has 0 spiro atoms. The summed E-state index contributed by atoms with van der Waals surface area (Å²) in [4.78, 5) is 24.2. The predicted octanol–water partition coefficient (Wildman–Crippen LogP) is -1.86. The van der Waals surface area contributed by atoms with Gasteiger partial charge < -0.3 is 25.2 Å². The Morgan fingerprint density at radius 2 is 1.22 bits per heavy atom. The van der Waals surface area contributed by atoms with Crippen molar-refractivity contribution >= 4 is 14.2 Å². The second-order valence-electron chi connectivity index (χ2n) is 2.08. The maximum Gasteiger partial charge on any atom is 0.692 e. The van der Waals surface area contributed by atoms with Crippen LogP contribution in [-0.4, -0.2) is 69.7 Å². The van der Waals surface area contributed by atoms with Crippen molar-refractivity contribution < 1.29 is 44.3 Å². The van der Waals surface area contributed by atoms with Gasteiger partial charge in [0.25, 0.3) is 0 Å². The zero-order valence-electron chi connectivity index (χ0n) is 10.4. The second-order valence-corrected chi connectivity index (χ2v) is 2.58. The molecule has 0 aromatic carbocycles.